The quantitative estimate of drug-likeness (QED) is 0.606. The van der Waals surface area contributed by atoms with Gasteiger partial charge in [0.2, 0.25) is 5.75 Å². The van der Waals surface area contributed by atoms with E-state index in [1.54, 1.807) is 12.1 Å². The van der Waals surface area contributed by atoms with E-state index in [-0.39, 0.29) is 30.3 Å². The van der Waals surface area contributed by atoms with Gasteiger partial charge < -0.3 is 30.0 Å². The van der Waals surface area contributed by atoms with Crippen LogP contribution >= 0.6 is 0 Å². The highest BCUT2D eigenvalue weighted by Crippen LogP contribution is 2.38. The Hall–Kier alpha value is -3.42. The molecule has 0 aliphatic heterocycles. The Morgan fingerprint density at radius 3 is 1.96 bits per heavy atom. The molecule has 0 bridgehead atoms. The number of carbonyl (C=O) groups is 2. The van der Waals surface area contributed by atoms with Crippen molar-refractivity contribution in [2.75, 3.05) is 34.4 Å². The highest BCUT2D eigenvalue weighted by molar-refractivity contribution is 5.97. The molecule has 0 unspecified atom stereocenters. The Morgan fingerprint density at radius 1 is 0.889 bits per heavy atom. The normalized spacial score (nSPS) is 10.0. The minimum Gasteiger partial charge on any atom is -0.507 e. The molecule has 3 N–H and O–H groups in total. The van der Waals surface area contributed by atoms with Crippen molar-refractivity contribution in [3.05, 3.63) is 47.5 Å². The van der Waals surface area contributed by atoms with E-state index in [4.69, 9.17) is 14.2 Å². The van der Waals surface area contributed by atoms with Gasteiger partial charge in [0.25, 0.3) is 11.8 Å². The molecular weight excluding hydrogens is 352 g/mol. The van der Waals surface area contributed by atoms with Crippen LogP contribution in [0.4, 0.5) is 0 Å². The number of amides is 2. The standard InChI is InChI=1S/C19H22N2O6/c1-25-15-10-12(11-16(26-2)17(15)27-3)18(23)20-8-9-21-19(24)13-6-4-5-7-14(13)22/h4-7,10-11,22H,8-9H2,1-3H3,(H,20,23)(H,21,24). The van der Waals surface area contributed by atoms with Crippen LogP contribution in [0, 0.1) is 0 Å². The van der Waals surface area contributed by atoms with Gasteiger partial charge in [-0.2, -0.15) is 0 Å². The summed E-state index contributed by atoms with van der Waals surface area (Å²) in [4.78, 5) is 24.3. The molecule has 0 spiro atoms. The van der Waals surface area contributed by atoms with E-state index in [0.29, 0.717) is 22.8 Å². The molecule has 0 radical (unpaired) electrons. The molecule has 0 fully saturated rings. The maximum Gasteiger partial charge on any atom is 0.255 e. The lowest BCUT2D eigenvalue weighted by Gasteiger charge is -2.14. The summed E-state index contributed by atoms with van der Waals surface area (Å²) >= 11 is 0. The van der Waals surface area contributed by atoms with Crippen molar-refractivity contribution in [1.29, 1.82) is 0 Å². The fourth-order valence-corrected chi connectivity index (χ4v) is 2.43. The van der Waals surface area contributed by atoms with E-state index in [9.17, 15) is 14.7 Å². The van der Waals surface area contributed by atoms with Gasteiger partial charge in [-0.3, -0.25) is 9.59 Å². The Balaban J connectivity index is 1.94. The summed E-state index contributed by atoms with van der Waals surface area (Å²) < 4.78 is 15.7. The first-order valence-corrected chi connectivity index (χ1v) is 8.16. The molecule has 2 aromatic carbocycles. The summed E-state index contributed by atoms with van der Waals surface area (Å²) in [7, 11) is 4.41. The lowest BCUT2D eigenvalue weighted by atomic mass is 10.1. The predicted octanol–water partition coefficient (Wildman–Crippen LogP) is 1.58. The lowest BCUT2D eigenvalue weighted by molar-refractivity contribution is 0.0925. The minimum absolute atomic E-state index is 0.101. The van der Waals surface area contributed by atoms with Crippen molar-refractivity contribution in [2.45, 2.75) is 0 Å². The molecule has 2 aromatic rings. The van der Waals surface area contributed by atoms with Gasteiger partial charge in [0.05, 0.1) is 26.9 Å². The number of methoxy groups -OCH3 is 3. The van der Waals surface area contributed by atoms with Crippen LogP contribution < -0.4 is 24.8 Å². The summed E-state index contributed by atoms with van der Waals surface area (Å²) in [6.07, 6.45) is 0. The molecule has 0 aliphatic carbocycles. The van der Waals surface area contributed by atoms with Crippen molar-refractivity contribution < 1.29 is 28.9 Å². The fourth-order valence-electron chi connectivity index (χ4n) is 2.43. The number of hydrogen-bond donors (Lipinski definition) is 3. The summed E-state index contributed by atoms with van der Waals surface area (Å²) in [5.41, 5.74) is 0.505. The molecule has 0 atom stereocenters. The van der Waals surface area contributed by atoms with Crippen molar-refractivity contribution in [2.24, 2.45) is 0 Å². The van der Waals surface area contributed by atoms with Gasteiger partial charge in [-0.15, -0.1) is 0 Å². The smallest absolute Gasteiger partial charge is 0.255 e. The third-order valence-corrected chi connectivity index (χ3v) is 3.77. The molecule has 8 nitrogen and oxygen atoms in total. The average Bonchev–Trinajstić information content (AvgIpc) is 2.69. The SMILES string of the molecule is COc1cc(C(=O)NCCNC(=O)c2ccccc2O)cc(OC)c1OC. The van der Waals surface area contributed by atoms with Crippen LogP contribution in [0.1, 0.15) is 20.7 Å². The first-order chi connectivity index (χ1) is 13.0. The summed E-state index contributed by atoms with van der Waals surface area (Å²) in [6, 6.07) is 9.31. The number of carbonyl (C=O) groups excluding carboxylic acids is 2. The number of aromatic hydroxyl groups is 1. The lowest BCUT2D eigenvalue weighted by Crippen LogP contribution is -2.34. The van der Waals surface area contributed by atoms with Crippen molar-refractivity contribution in [1.82, 2.24) is 10.6 Å². The predicted molar refractivity (Wildman–Crippen MR) is 98.9 cm³/mol. The van der Waals surface area contributed by atoms with E-state index in [1.807, 2.05) is 0 Å². The number of para-hydroxylation sites is 1. The van der Waals surface area contributed by atoms with Gasteiger partial charge in [0.1, 0.15) is 5.75 Å². The minimum atomic E-state index is -0.421. The van der Waals surface area contributed by atoms with Crippen LogP contribution in [0.2, 0.25) is 0 Å². The van der Waals surface area contributed by atoms with E-state index < -0.39 is 5.91 Å². The monoisotopic (exact) mass is 374 g/mol. The molecule has 0 saturated heterocycles. The van der Waals surface area contributed by atoms with Gasteiger partial charge in [-0.1, -0.05) is 12.1 Å². The number of phenolic OH excluding ortho intramolecular Hbond substituents is 1. The Bertz CT molecular complexity index is 797. The molecule has 0 heterocycles. The van der Waals surface area contributed by atoms with Crippen LogP contribution in [0.25, 0.3) is 0 Å². The highest BCUT2D eigenvalue weighted by atomic mass is 16.5. The first kappa shape index (κ1) is 19.9. The van der Waals surface area contributed by atoms with Crippen LogP contribution in [0.15, 0.2) is 36.4 Å². The second-order valence-corrected chi connectivity index (χ2v) is 5.44. The molecule has 144 valence electrons. The van der Waals surface area contributed by atoms with Crippen LogP contribution in [-0.2, 0) is 0 Å². The molecular formula is C19H22N2O6. The third-order valence-electron chi connectivity index (χ3n) is 3.77. The van der Waals surface area contributed by atoms with Crippen LogP contribution in [0.5, 0.6) is 23.0 Å². The summed E-state index contributed by atoms with van der Waals surface area (Å²) in [5.74, 6) is 0.258. The number of rotatable bonds is 8. The first-order valence-electron chi connectivity index (χ1n) is 8.16. The van der Waals surface area contributed by atoms with Gasteiger partial charge in [-0.05, 0) is 24.3 Å². The molecule has 0 saturated carbocycles. The zero-order chi connectivity index (χ0) is 19.8. The van der Waals surface area contributed by atoms with E-state index in [2.05, 4.69) is 10.6 Å². The van der Waals surface area contributed by atoms with Crippen LogP contribution in [-0.4, -0.2) is 51.3 Å². The van der Waals surface area contributed by atoms with E-state index in [1.165, 1.54) is 45.6 Å². The molecule has 0 aromatic heterocycles. The van der Waals surface area contributed by atoms with E-state index in [0.717, 1.165) is 0 Å². The molecule has 0 aliphatic rings. The number of nitrogens with one attached hydrogen (secondary N) is 2. The molecule has 8 heteroatoms. The molecule has 2 amide bonds. The topological polar surface area (TPSA) is 106 Å². The van der Waals surface area contributed by atoms with E-state index >= 15 is 0 Å². The Labute approximate surface area is 157 Å². The van der Waals surface area contributed by atoms with Crippen LogP contribution in [0.3, 0.4) is 0 Å². The summed E-state index contributed by atoms with van der Waals surface area (Å²) in [6.45, 7) is 0.401. The average molecular weight is 374 g/mol. The second kappa shape index (κ2) is 9.33. The number of phenols is 1. The van der Waals surface area contributed by atoms with Crippen molar-refractivity contribution >= 4 is 11.8 Å². The number of ether oxygens (including phenoxy) is 3. The van der Waals surface area contributed by atoms with Crippen molar-refractivity contribution in [3.63, 3.8) is 0 Å². The van der Waals surface area contributed by atoms with Gasteiger partial charge in [0, 0.05) is 18.7 Å². The Kier molecular flexibility index (Phi) is 6.87. The third kappa shape index (κ3) is 4.81. The highest BCUT2D eigenvalue weighted by Gasteiger charge is 2.17. The molecule has 27 heavy (non-hydrogen) atoms. The number of benzene rings is 2. The second-order valence-electron chi connectivity index (χ2n) is 5.44. The summed E-state index contributed by atoms with van der Waals surface area (Å²) in [5, 5.41) is 15.0. The van der Waals surface area contributed by atoms with Gasteiger partial charge in [0.15, 0.2) is 11.5 Å². The van der Waals surface area contributed by atoms with Crippen molar-refractivity contribution in [3.8, 4) is 23.0 Å². The van der Waals surface area contributed by atoms with Gasteiger partial charge in [-0.25, -0.2) is 0 Å². The zero-order valence-corrected chi connectivity index (χ0v) is 15.4. The fraction of sp³-hybridized carbons (Fsp3) is 0.263. The largest absolute Gasteiger partial charge is 0.507 e. The Morgan fingerprint density at radius 2 is 1.44 bits per heavy atom. The zero-order valence-electron chi connectivity index (χ0n) is 15.4. The molecule has 2 rings (SSSR count). The number of hydrogen-bond acceptors (Lipinski definition) is 6. The van der Waals surface area contributed by atoms with Gasteiger partial charge >= 0.3 is 0 Å². The maximum absolute atomic E-state index is 12.3. The maximum atomic E-state index is 12.3.